The van der Waals surface area contributed by atoms with Gasteiger partial charge in [-0.2, -0.15) is 5.26 Å². The van der Waals surface area contributed by atoms with E-state index < -0.39 is 4.92 Å². The lowest BCUT2D eigenvalue weighted by molar-refractivity contribution is -0.384. The Balaban J connectivity index is 2.25. The average Bonchev–Trinajstić information content (AvgIpc) is 2.46. The van der Waals surface area contributed by atoms with Crippen LogP contribution in [0.5, 0.6) is 0 Å². The van der Waals surface area contributed by atoms with E-state index in [0.29, 0.717) is 22.0 Å². The van der Waals surface area contributed by atoms with Crippen LogP contribution in [0.4, 0.5) is 5.69 Å². The van der Waals surface area contributed by atoms with Gasteiger partial charge in [0.1, 0.15) is 5.03 Å². The molecule has 0 saturated heterocycles. The Morgan fingerprint density at radius 3 is 2.79 bits per heavy atom. The summed E-state index contributed by atoms with van der Waals surface area (Å²) in [6.07, 6.45) is 0. The molecule has 1 aromatic carbocycles. The fourth-order valence-corrected chi connectivity index (χ4v) is 1.91. The molecule has 7 heteroatoms. The first-order valence-electron chi connectivity index (χ1n) is 5.29. The second kappa shape index (κ2) is 5.93. The van der Waals surface area contributed by atoms with Crippen LogP contribution in [0.2, 0.25) is 0 Å². The smallest absolute Gasteiger partial charge is 0.258 e. The Labute approximate surface area is 113 Å². The fraction of sp³-hybridized carbons (Fsp3) is 0.0833. The van der Waals surface area contributed by atoms with Gasteiger partial charge in [-0.15, -0.1) is 10.2 Å². The van der Waals surface area contributed by atoms with Gasteiger partial charge in [0.25, 0.3) is 5.69 Å². The topological polar surface area (TPSA) is 92.7 Å². The van der Waals surface area contributed by atoms with Crippen molar-refractivity contribution in [2.75, 3.05) is 5.75 Å². The quantitative estimate of drug-likeness (QED) is 0.482. The summed E-state index contributed by atoms with van der Waals surface area (Å²) in [6, 6.07) is 11.7. The molecule has 0 radical (unpaired) electrons. The lowest BCUT2D eigenvalue weighted by atomic mass is 10.1. The van der Waals surface area contributed by atoms with Crippen molar-refractivity contribution >= 4 is 17.4 Å². The lowest BCUT2D eigenvalue weighted by Crippen LogP contribution is -1.92. The number of nitriles is 1. The molecular formula is C12H8N4O2S. The molecule has 0 spiro atoms. The van der Waals surface area contributed by atoms with Gasteiger partial charge in [-0.05, 0) is 12.1 Å². The maximum absolute atomic E-state index is 10.7. The number of nitrogens with zero attached hydrogens (tertiary/aromatic N) is 4. The zero-order valence-electron chi connectivity index (χ0n) is 9.68. The zero-order chi connectivity index (χ0) is 13.7. The molecule has 6 nitrogen and oxygen atoms in total. The van der Waals surface area contributed by atoms with Crippen LogP contribution in [0.1, 0.15) is 0 Å². The second-order valence-electron chi connectivity index (χ2n) is 3.51. The molecule has 2 rings (SSSR count). The predicted octanol–water partition coefficient (Wildman–Crippen LogP) is 2.67. The predicted molar refractivity (Wildman–Crippen MR) is 70.5 cm³/mol. The first-order chi connectivity index (χ1) is 9.20. The van der Waals surface area contributed by atoms with Crippen LogP contribution in [-0.2, 0) is 0 Å². The maximum Gasteiger partial charge on any atom is 0.270 e. The summed E-state index contributed by atoms with van der Waals surface area (Å²) in [4.78, 5) is 10.2. The molecule has 0 fully saturated rings. The lowest BCUT2D eigenvalue weighted by Gasteiger charge is -2.01. The van der Waals surface area contributed by atoms with E-state index in [9.17, 15) is 10.1 Å². The number of nitro groups is 1. The third-order valence-electron chi connectivity index (χ3n) is 2.28. The molecule has 0 atom stereocenters. The number of aromatic nitrogens is 2. The molecule has 0 N–H and O–H groups in total. The van der Waals surface area contributed by atoms with E-state index >= 15 is 0 Å². The van der Waals surface area contributed by atoms with E-state index in [0.717, 1.165) is 0 Å². The highest BCUT2D eigenvalue weighted by molar-refractivity contribution is 7.99. The van der Waals surface area contributed by atoms with E-state index in [4.69, 9.17) is 5.26 Å². The van der Waals surface area contributed by atoms with Gasteiger partial charge in [0, 0.05) is 17.7 Å². The van der Waals surface area contributed by atoms with Crippen molar-refractivity contribution < 1.29 is 4.92 Å². The molecular weight excluding hydrogens is 264 g/mol. The molecule has 0 bridgehead atoms. The molecule has 94 valence electrons. The van der Waals surface area contributed by atoms with Crippen LogP contribution in [0.15, 0.2) is 41.4 Å². The van der Waals surface area contributed by atoms with Crippen LogP contribution in [-0.4, -0.2) is 20.9 Å². The summed E-state index contributed by atoms with van der Waals surface area (Å²) < 4.78 is 0. The van der Waals surface area contributed by atoms with Crippen LogP contribution < -0.4 is 0 Å². The summed E-state index contributed by atoms with van der Waals surface area (Å²) in [5.41, 5.74) is 1.21. The molecule has 0 saturated carbocycles. The summed E-state index contributed by atoms with van der Waals surface area (Å²) in [5.74, 6) is 0.310. The number of nitro benzene ring substituents is 1. The summed E-state index contributed by atoms with van der Waals surface area (Å²) in [6.45, 7) is 0. The summed E-state index contributed by atoms with van der Waals surface area (Å²) in [7, 11) is 0. The third kappa shape index (κ3) is 3.26. The molecule has 19 heavy (non-hydrogen) atoms. The first kappa shape index (κ1) is 13.0. The van der Waals surface area contributed by atoms with Crippen molar-refractivity contribution in [1.29, 1.82) is 5.26 Å². The van der Waals surface area contributed by atoms with Crippen molar-refractivity contribution in [1.82, 2.24) is 10.2 Å². The molecule has 0 aliphatic heterocycles. The molecule has 2 aromatic rings. The zero-order valence-corrected chi connectivity index (χ0v) is 10.5. The van der Waals surface area contributed by atoms with Gasteiger partial charge in [-0.25, -0.2) is 0 Å². The summed E-state index contributed by atoms with van der Waals surface area (Å²) >= 11 is 1.29. The minimum atomic E-state index is -0.450. The van der Waals surface area contributed by atoms with E-state index in [2.05, 4.69) is 10.2 Å². The van der Waals surface area contributed by atoms with Crippen molar-refractivity contribution in [3.63, 3.8) is 0 Å². The van der Waals surface area contributed by atoms with Gasteiger partial charge in [0.05, 0.1) is 22.4 Å². The molecule has 0 aliphatic rings. The van der Waals surface area contributed by atoms with Crippen LogP contribution in [0, 0.1) is 21.4 Å². The monoisotopic (exact) mass is 272 g/mol. The van der Waals surface area contributed by atoms with Crippen molar-refractivity contribution in [2.24, 2.45) is 0 Å². The van der Waals surface area contributed by atoms with Gasteiger partial charge in [0.2, 0.25) is 0 Å². The minimum absolute atomic E-state index is 0.0160. The third-order valence-corrected chi connectivity index (χ3v) is 3.06. The molecule has 1 aromatic heterocycles. The second-order valence-corrected chi connectivity index (χ2v) is 4.51. The number of hydrogen-bond donors (Lipinski definition) is 0. The highest BCUT2D eigenvalue weighted by Crippen LogP contribution is 2.23. The minimum Gasteiger partial charge on any atom is -0.258 e. The maximum atomic E-state index is 10.7. The SMILES string of the molecule is N#CCSc1ccc(-c2cccc([N+](=O)[O-])c2)nn1. The first-order valence-corrected chi connectivity index (χ1v) is 6.27. The van der Waals surface area contributed by atoms with Gasteiger partial charge in [-0.3, -0.25) is 10.1 Å². The van der Waals surface area contributed by atoms with Crippen LogP contribution >= 0.6 is 11.8 Å². The van der Waals surface area contributed by atoms with Crippen LogP contribution in [0.25, 0.3) is 11.3 Å². The Bertz CT molecular complexity index is 637. The number of non-ortho nitro benzene ring substituents is 1. The largest absolute Gasteiger partial charge is 0.270 e. The van der Waals surface area contributed by atoms with E-state index in [-0.39, 0.29) is 5.69 Å². The van der Waals surface area contributed by atoms with E-state index in [1.807, 2.05) is 6.07 Å². The van der Waals surface area contributed by atoms with Crippen molar-refractivity contribution in [3.8, 4) is 17.3 Å². The summed E-state index contributed by atoms with van der Waals surface area (Å²) in [5, 5.41) is 27.8. The van der Waals surface area contributed by atoms with Crippen molar-refractivity contribution in [2.45, 2.75) is 5.03 Å². The van der Waals surface area contributed by atoms with Gasteiger partial charge >= 0.3 is 0 Å². The Kier molecular flexibility index (Phi) is 4.05. The van der Waals surface area contributed by atoms with Gasteiger partial charge < -0.3 is 0 Å². The van der Waals surface area contributed by atoms with Gasteiger partial charge in [-0.1, -0.05) is 23.9 Å². The number of rotatable bonds is 4. The number of thioether (sulfide) groups is 1. The fourth-order valence-electron chi connectivity index (χ4n) is 1.44. The van der Waals surface area contributed by atoms with Crippen LogP contribution in [0.3, 0.4) is 0 Å². The molecule has 0 aliphatic carbocycles. The Morgan fingerprint density at radius 2 is 2.16 bits per heavy atom. The average molecular weight is 272 g/mol. The standard InChI is InChI=1S/C12H8N4O2S/c13-6-7-19-12-5-4-11(14-15-12)9-2-1-3-10(8-9)16(17)18/h1-5,8H,7H2. The molecule has 0 unspecified atom stereocenters. The number of benzene rings is 1. The highest BCUT2D eigenvalue weighted by Gasteiger charge is 2.08. The Hall–Kier alpha value is -2.46. The molecule has 0 amide bonds. The Morgan fingerprint density at radius 1 is 1.32 bits per heavy atom. The van der Waals surface area contributed by atoms with E-state index in [1.165, 1.54) is 23.9 Å². The number of hydrogen-bond acceptors (Lipinski definition) is 6. The molecule has 1 heterocycles. The van der Waals surface area contributed by atoms with Crippen molar-refractivity contribution in [3.05, 3.63) is 46.5 Å². The van der Waals surface area contributed by atoms with E-state index in [1.54, 1.807) is 24.3 Å². The van der Waals surface area contributed by atoms with Gasteiger partial charge in [0.15, 0.2) is 0 Å². The highest BCUT2D eigenvalue weighted by atomic mass is 32.2. The normalized spacial score (nSPS) is 9.84.